The molecule has 0 aliphatic heterocycles. The molecule has 70 valence electrons. The van der Waals surface area contributed by atoms with Crippen molar-refractivity contribution in [2.75, 3.05) is 6.61 Å². The van der Waals surface area contributed by atoms with Crippen LogP contribution in [-0.2, 0) is 4.74 Å². The lowest BCUT2D eigenvalue weighted by molar-refractivity contribution is 0.0279. The summed E-state index contributed by atoms with van der Waals surface area (Å²) in [5.74, 6) is 0. The Hall–Kier alpha value is -0.340. The quantitative estimate of drug-likeness (QED) is 0.515. The van der Waals surface area contributed by atoms with E-state index in [0.29, 0.717) is 12.1 Å². The molecular weight excluding hydrogens is 150 g/mol. The van der Waals surface area contributed by atoms with Crippen molar-refractivity contribution in [3.8, 4) is 0 Å². The maximum atomic E-state index is 5.78. The van der Waals surface area contributed by atoms with E-state index >= 15 is 0 Å². The SMILES string of the molecule is C=CCCOC1CCC(N)CC1. The van der Waals surface area contributed by atoms with Gasteiger partial charge in [0.1, 0.15) is 0 Å². The summed E-state index contributed by atoms with van der Waals surface area (Å²) in [5.41, 5.74) is 5.78. The molecule has 12 heavy (non-hydrogen) atoms. The van der Waals surface area contributed by atoms with Crippen molar-refractivity contribution < 1.29 is 4.74 Å². The van der Waals surface area contributed by atoms with Crippen LogP contribution in [0.4, 0.5) is 0 Å². The molecule has 0 spiro atoms. The molecule has 0 amide bonds. The lowest BCUT2D eigenvalue weighted by atomic mass is 9.94. The zero-order valence-electron chi connectivity index (χ0n) is 7.67. The summed E-state index contributed by atoms with van der Waals surface area (Å²) in [6.07, 6.45) is 7.84. The van der Waals surface area contributed by atoms with Gasteiger partial charge in [0.2, 0.25) is 0 Å². The molecule has 0 aromatic heterocycles. The molecule has 1 saturated carbocycles. The van der Waals surface area contributed by atoms with E-state index in [1.807, 2.05) is 6.08 Å². The van der Waals surface area contributed by atoms with E-state index in [2.05, 4.69) is 6.58 Å². The topological polar surface area (TPSA) is 35.2 Å². The molecule has 0 aromatic carbocycles. The molecule has 1 aliphatic rings. The average molecular weight is 169 g/mol. The van der Waals surface area contributed by atoms with E-state index in [1.165, 1.54) is 0 Å². The van der Waals surface area contributed by atoms with Gasteiger partial charge in [-0.25, -0.2) is 0 Å². The highest BCUT2D eigenvalue weighted by Gasteiger charge is 2.18. The normalized spacial score (nSPS) is 30.1. The van der Waals surface area contributed by atoms with Gasteiger partial charge < -0.3 is 10.5 Å². The molecule has 0 radical (unpaired) electrons. The Bertz CT molecular complexity index is 128. The summed E-state index contributed by atoms with van der Waals surface area (Å²) in [6.45, 7) is 4.48. The molecule has 0 saturated heterocycles. The van der Waals surface area contributed by atoms with Gasteiger partial charge in [-0.15, -0.1) is 6.58 Å². The van der Waals surface area contributed by atoms with Crippen LogP contribution >= 0.6 is 0 Å². The third kappa shape index (κ3) is 3.37. The Kier molecular flexibility index (Phi) is 4.33. The van der Waals surface area contributed by atoms with Crippen LogP contribution in [-0.4, -0.2) is 18.8 Å². The summed E-state index contributed by atoms with van der Waals surface area (Å²) < 4.78 is 5.64. The van der Waals surface area contributed by atoms with E-state index in [9.17, 15) is 0 Å². The Morgan fingerprint density at radius 3 is 2.58 bits per heavy atom. The van der Waals surface area contributed by atoms with E-state index in [1.54, 1.807) is 0 Å². The highest BCUT2D eigenvalue weighted by Crippen LogP contribution is 2.19. The van der Waals surface area contributed by atoms with E-state index in [-0.39, 0.29) is 0 Å². The zero-order chi connectivity index (χ0) is 8.81. The second kappa shape index (κ2) is 5.33. The highest BCUT2D eigenvalue weighted by molar-refractivity contribution is 4.75. The molecule has 0 heterocycles. The summed E-state index contributed by atoms with van der Waals surface area (Å²) in [4.78, 5) is 0. The van der Waals surface area contributed by atoms with Crippen LogP contribution < -0.4 is 5.73 Å². The Morgan fingerprint density at radius 1 is 1.33 bits per heavy atom. The molecule has 0 atom stereocenters. The second-order valence-electron chi connectivity index (χ2n) is 3.48. The van der Waals surface area contributed by atoms with Crippen molar-refractivity contribution in [2.24, 2.45) is 5.73 Å². The highest BCUT2D eigenvalue weighted by atomic mass is 16.5. The standard InChI is InChI=1S/C10H19NO/c1-2-3-8-12-10-6-4-9(11)5-7-10/h2,9-10H,1,3-8,11H2. The van der Waals surface area contributed by atoms with Crippen LogP contribution in [0, 0.1) is 0 Å². The van der Waals surface area contributed by atoms with Crippen molar-refractivity contribution in [3.63, 3.8) is 0 Å². The predicted molar refractivity (Wildman–Crippen MR) is 51.0 cm³/mol. The third-order valence-electron chi connectivity index (χ3n) is 2.39. The van der Waals surface area contributed by atoms with Crippen LogP contribution in [0.5, 0.6) is 0 Å². The lowest BCUT2D eigenvalue weighted by Gasteiger charge is -2.25. The molecule has 2 N–H and O–H groups in total. The first-order valence-corrected chi connectivity index (χ1v) is 4.81. The first kappa shape index (κ1) is 9.75. The maximum Gasteiger partial charge on any atom is 0.0576 e. The lowest BCUT2D eigenvalue weighted by Crippen LogP contribution is -2.30. The minimum absolute atomic E-state index is 0.421. The van der Waals surface area contributed by atoms with Crippen molar-refractivity contribution in [3.05, 3.63) is 12.7 Å². The van der Waals surface area contributed by atoms with Gasteiger partial charge in [0.15, 0.2) is 0 Å². The zero-order valence-corrected chi connectivity index (χ0v) is 7.67. The molecule has 1 rings (SSSR count). The Morgan fingerprint density at radius 2 is 2.00 bits per heavy atom. The molecule has 0 aromatic rings. The van der Waals surface area contributed by atoms with Gasteiger partial charge in [0.25, 0.3) is 0 Å². The minimum atomic E-state index is 0.421. The van der Waals surface area contributed by atoms with Crippen molar-refractivity contribution in [1.29, 1.82) is 0 Å². The fourth-order valence-corrected chi connectivity index (χ4v) is 1.57. The van der Waals surface area contributed by atoms with Gasteiger partial charge in [-0.2, -0.15) is 0 Å². The summed E-state index contributed by atoms with van der Waals surface area (Å²) >= 11 is 0. The van der Waals surface area contributed by atoms with Gasteiger partial charge in [0.05, 0.1) is 12.7 Å². The molecule has 1 fully saturated rings. The number of nitrogens with two attached hydrogens (primary N) is 1. The van der Waals surface area contributed by atoms with Crippen LogP contribution in [0.15, 0.2) is 12.7 Å². The van der Waals surface area contributed by atoms with Crippen LogP contribution in [0.25, 0.3) is 0 Å². The molecule has 1 aliphatic carbocycles. The smallest absolute Gasteiger partial charge is 0.0576 e. The van der Waals surface area contributed by atoms with Crippen molar-refractivity contribution in [1.82, 2.24) is 0 Å². The molecule has 0 unspecified atom stereocenters. The van der Waals surface area contributed by atoms with Crippen LogP contribution in [0.1, 0.15) is 32.1 Å². The fourth-order valence-electron chi connectivity index (χ4n) is 1.57. The summed E-state index contributed by atoms with van der Waals surface area (Å²) in [6, 6.07) is 0.421. The molecule has 0 bridgehead atoms. The van der Waals surface area contributed by atoms with Gasteiger partial charge >= 0.3 is 0 Å². The maximum absolute atomic E-state index is 5.78. The number of hydrogen-bond acceptors (Lipinski definition) is 2. The Balaban J connectivity index is 2.05. The van der Waals surface area contributed by atoms with E-state index in [0.717, 1.165) is 38.7 Å². The van der Waals surface area contributed by atoms with Gasteiger partial charge in [-0.05, 0) is 32.1 Å². The first-order chi connectivity index (χ1) is 5.83. The predicted octanol–water partition coefficient (Wildman–Crippen LogP) is 1.85. The molecule has 2 heteroatoms. The minimum Gasteiger partial charge on any atom is -0.378 e. The number of rotatable bonds is 4. The summed E-state index contributed by atoms with van der Waals surface area (Å²) in [7, 11) is 0. The van der Waals surface area contributed by atoms with Gasteiger partial charge in [-0.1, -0.05) is 6.08 Å². The number of hydrogen-bond donors (Lipinski definition) is 1. The molecule has 2 nitrogen and oxygen atoms in total. The first-order valence-electron chi connectivity index (χ1n) is 4.81. The summed E-state index contributed by atoms with van der Waals surface area (Å²) in [5, 5.41) is 0. The third-order valence-corrected chi connectivity index (χ3v) is 2.39. The molecular formula is C10H19NO. The monoisotopic (exact) mass is 169 g/mol. The fraction of sp³-hybridized carbons (Fsp3) is 0.800. The van der Waals surface area contributed by atoms with E-state index < -0.39 is 0 Å². The van der Waals surface area contributed by atoms with Crippen molar-refractivity contribution >= 4 is 0 Å². The van der Waals surface area contributed by atoms with E-state index in [4.69, 9.17) is 10.5 Å². The van der Waals surface area contributed by atoms with Crippen LogP contribution in [0.2, 0.25) is 0 Å². The second-order valence-corrected chi connectivity index (χ2v) is 3.48. The number of ether oxygens (including phenoxy) is 1. The van der Waals surface area contributed by atoms with Crippen molar-refractivity contribution in [2.45, 2.75) is 44.2 Å². The van der Waals surface area contributed by atoms with Crippen LogP contribution in [0.3, 0.4) is 0 Å². The Labute approximate surface area is 74.8 Å². The van der Waals surface area contributed by atoms with Gasteiger partial charge in [-0.3, -0.25) is 0 Å². The average Bonchev–Trinajstić information content (AvgIpc) is 2.09. The largest absolute Gasteiger partial charge is 0.378 e. The van der Waals surface area contributed by atoms with Gasteiger partial charge in [0, 0.05) is 6.04 Å².